The highest BCUT2D eigenvalue weighted by Gasteiger charge is 2.44. The molecule has 2 saturated carbocycles. The minimum Gasteiger partial charge on any atom is -0.342 e. The summed E-state index contributed by atoms with van der Waals surface area (Å²) >= 11 is 5.88. The first kappa shape index (κ1) is 11.8. The molecule has 3 heteroatoms. The highest BCUT2D eigenvalue weighted by Crippen LogP contribution is 2.49. The van der Waals surface area contributed by atoms with Crippen molar-refractivity contribution < 1.29 is 4.79 Å². The second kappa shape index (κ2) is 4.79. The molecule has 2 bridgehead atoms. The van der Waals surface area contributed by atoms with Crippen LogP contribution < -0.4 is 0 Å². The first-order valence-electron chi connectivity index (χ1n) is 7.12. The molecule has 1 saturated heterocycles. The zero-order chi connectivity index (χ0) is 11.8. The summed E-state index contributed by atoms with van der Waals surface area (Å²) in [6.07, 6.45) is 7.40. The van der Waals surface area contributed by atoms with Gasteiger partial charge in [0.05, 0.1) is 0 Å². The molecule has 1 amide bonds. The van der Waals surface area contributed by atoms with E-state index < -0.39 is 0 Å². The molecule has 0 spiro atoms. The zero-order valence-corrected chi connectivity index (χ0v) is 11.2. The smallest absolute Gasteiger partial charge is 0.225 e. The minimum absolute atomic E-state index is 0.376. The summed E-state index contributed by atoms with van der Waals surface area (Å²) in [4.78, 5) is 14.6. The largest absolute Gasteiger partial charge is 0.342 e. The molecule has 3 rings (SSSR count). The van der Waals surface area contributed by atoms with Gasteiger partial charge in [-0.25, -0.2) is 0 Å². The van der Waals surface area contributed by atoms with Gasteiger partial charge in [-0.1, -0.05) is 6.42 Å². The molecule has 3 aliphatic rings. The number of likely N-dealkylation sites (tertiary alicyclic amines) is 1. The predicted octanol–water partition coefficient (Wildman–Crippen LogP) is 2.90. The monoisotopic (exact) mass is 255 g/mol. The van der Waals surface area contributed by atoms with E-state index in [0.29, 0.717) is 17.7 Å². The third kappa shape index (κ3) is 2.21. The van der Waals surface area contributed by atoms with E-state index in [1.807, 2.05) is 0 Å². The van der Waals surface area contributed by atoms with E-state index in [4.69, 9.17) is 11.6 Å². The van der Waals surface area contributed by atoms with Crippen LogP contribution in [-0.4, -0.2) is 29.8 Å². The number of carbonyl (C=O) groups excluding carboxylic acids is 1. The Balaban J connectivity index is 1.56. The molecule has 3 unspecified atom stereocenters. The molecule has 1 aliphatic heterocycles. The van der Waals surface area contributed by atoms with E-state index in [9.17, 15) is 4.79 Å². The van der Waals surface area contributed by atoms with E-state index >= 15 is 0 Å². The quantitative estimate of drug-likeness (QED) is 0.695. The van der Waals surface area contributed by atoms with Gasteiger partial charge in [0, 0.05) is 24.9 Å². The summed E-state index contributed by atoms with van der Waals surface area (Å²) in [5.74, 6) is 3.83. The fraction of sp³-hybridized carbons (Fsp3) is 0.929. The van der Waals surface area contributed by atoms with Crippen molar-refractivity contribution in [2.45, 2.75) is 38.5 Å². The fourth-order valence-corrected chi connectivity index (χ4v) is 4.40. The molecule has 0 aromatic rings. The Bertz CT molecular complexity index is 299. The third-order valence-electron chi connectivity index (χ3n) is 5.20. The van der Waals surface area contributed by atoms with Gasteiger partial charge in [0.15, 0.2) is 0 Å². The maximum absolute atomic E-state index is 12.5. The highest BCUT2D eigenvalue weighted by atomic mass is 35.5. The van der Waals surface area contributed by atoms with Crippen molar-refractivity contribution >= 4 is 17.5 Å². The second-order valence-electron chi connectivity index (χ2n) is 6.20. The first-order chi connectivity index (χ1) is 8.28. The topological polar surface area (TPSA) is 20.3 Å². The van der Waals surface area contributed by atoms with E-state index in [1.165, 1.54) is 25.7 Å². The second-order valence-corrected chi connectivity index (χ2v) is 6.51. The van der Waals surface area contributed by atoms with Crippen molar-refractivity contribution in [1.29, 1.82) is 0 Å². The summed E-state index contributed by atoms with van der Waals surface area (Å²) in [7, 11) is 0. The zero-order valence-electron chi connectivity index (χ0n) is 10.4. The van der Waals surface area contributed by atoms with Crippen LogP contribution in [0.2, 0.25) is 0 Å². The Kier molecular flexibility index (Phi) is 3.34. The fourth-order valence-electron chi connectivity index (χ4n) is 4.09. The lowest BCUT2D eigenvalue weighted by Gasteiger charge is -2.34. The summed E-state index contributed by atoms with van der Waals surface area (Å²) in [5.41, 5.74) is 0. The Labute approximate surface area is 109 Å². The van der Waals surface area contributed by atoms with Gasteiger partial charge in [-0.15, -0.1) is 11.6 Å². The van der Waals surface area contributed by atoms with E-state index in [-0.39, 0.29) is 0 Å². The maximum Gasteiger partial charge on any atom is 0.225 e. The van der Waals surface area contributed by atoms with Crippen LogP contribution in [-0.2, 0) is 4.79 Å². The van der Waals surface area contributed by atoms with Crippen LogP contribution in [0.25, 0.3) is 0 Å². The molecule has 0 aromatic heterocycles. The molecule has 0 aromatic carbocycles. The number of piperidine rings is 1. The maximum atomic E-state index is 12.5. The van der Waals surface area contributed by atoms with Gasteiger partial charge in [-0.2, -0.15) is 0 Å². The molecule has 17 heavy (non-hydrogen) atoms. The van der Waals surface area contributed by atoms with Gasteiger partial charge in [-0.3, -0.25) is 4.79 Å². The van der Waals surface area contributed by atoms with E-state index in [2.05, 4.69) is 4.90 Å². The van der Waals surface area contributed by atoms with Crippen molar-refractivity contribution in [2.24, 2.45) is 23.7 Å². The molecule has 0 radical (unpaired) electrons. The van der Waals surface area contributed by atoms with E-state index in [1.54, 1.807) is 0 Å². The third-order valence-corrected chi connectivity index (χ3v) is 5.64. The van der Waals surface area contributed by atoms with E-state index in [0.717, 1.165) is 43.6 Å². The number of amides is 1. The van der Waals surface area contributed by atoms with Crippen molar-refractivity contribution in [3.63, 3.8) is 0 Å². The molecule has 0 N–H and O–H groups in total. The van der Waals surface area contributed by atoms with Crippen LogP contribution in [0.4, 0.5) is 0 Å². The lowest BCUT2D eigenvalue weighted by molar-refractivity contribution is -0.138. The lowest BCUT2D eigenvalue weighted by atomic mass is 9.87. The molecular formula is C14H22ClNO. The normalized spacial score (nSPS) is 37.7. The molecule has 1 heterocycles. The van der Waals surface area contributed by atoms with Crippen molar-refractivity contribution in [2.75, 3.05) is 19.0 Å². The summed E-state index contributed by atoms with van der Waals surface area (Å²) in [6.45, 7) is 1.90. The number of hydrogen-bond acceptors (Lipinski definition) is 1. The Hall–Kier alpha value is -0.240. The Morgan fingerprint density at radius 2 is 1.88 bits per heavy atom. The minimum atomic E-state index is 0.376. The number of carbonyl (C=O) groups is 1. The standard InChI is InChI=1S/C14H22ClNO/c15-9-10-3-5-16(6-4-10)14(17)13-8-11-1-2-12(13)7-11/h10-13H,1-9H2. The summed E-state index contributed by atoms with van der Waals surface area (Å²) < 4.78 is 0. The number of rotatable bonds is 2. The van der Waals surface area contributed by atoms with Crippen LogP contribution in [0, 0.1) is 23.7 Å². The van der Waals surface area contributed by atoms with Gasteiger partial charge < -0.3 is 4.90 Å². The Morgan fingerprint density at radius 3 is 2.41 bits per heavy atom. The summed E-state index contributed by atoms with van der Waals surface area (Å²) in [5, 5.41) is 0. The predicted molar refractivity (Wildman–Crippen MR) is 69.0 cm³/mol. The van der Waals surface area contributed by atoms with Crippen LogP contribution >= 0.6 is 11.6 Å². The molecule has 3 fully saturated rings. The molecule has 96 valence electrons. The van der Waals surface area contributed by atoms with Gasteiger partial charge in [0.1, 0.15) is 0 Å². The van der Waals surface area contributed by atoms with Crippen LogP contribution in [0.3, 0.4) is 0 Å². The number of nitrogens with zero attached hydrogens (tertiary/aromatic N) is 1. The van der Waals surface area contributed by atoms with Gasteiger partial charge in [0.25, 0.3) is 0 Å². The van der Waals surface area contributed by atoms with Gasteiger partial charge in [-0.05, 0) is 49.9 Å². The van der Waals surface area contributed by atoms with Crippen LogP contribution in [0.1, 0.15) is 38.5 Å². The average Bonchev–Trinajstić information content (AvgIpc) is 3.00. The van der Waals surface area contributed by atoms with Crippen molar-refractivity contribution in [3.05, 3.63) is 0 Å². The van der Waals surface area contributed by atoms with Gasteiger partial charge in [0.2, 0.25) is 5.91 Å². The van der Waals surface area contributed by atoms with Crippen molar-refractivity contribution in [1.82, 2.24) is 4.90 Å². The average molecular weight is 256 g/mol. The SMILES string of the molecule is O=C(C1CC2CCC1C2)N1CCC(CCl)CC1. The molecule has 3 atom stereocenters. The molecule has 2 nitrogen and oxygen atoms in total. The number of halogens is 1. The lowest BCUT2D eigenvalue weighted by Crippen LogP contribution is -2.43. The highest BCUT2D eigenvalue weighted by molar-refractivity contribution is 6.18. The molecular weight excluding hydrogens is 234 g/mol. The van der Waals surface area contributed by atoms with Crippen LogP contribution in [0.15, 0.2) is 0 Å². The number of hydrogen-bond donors (Lipinski definition) is 0. The van der Waals surface area contributed by atoms with Crippen LogP contribution in [0.5, 0.6) is 0 Å². The number of alkyl halides is 1. The molecule has 2 aliphatic carbocycles. The van der Waals surface area contributed by atoms with Gasteiger partial charge >= 0.3 is 0 Å². The Morgan fingerprint density at radius 1 is 1.12 bits per heavy atom. The summed E-state index contributed by atoms with van der Waals surface area (Å²) in [6, 6.07) is 0. The number of fused-ring (bicyclic) bond motifs is 2. The van der Waals surface area contributed by atoms with Crippen molar-refractivity contribution in [3.8, 4) is 0 Å². The first-order valence-corrected chi connectivity index (χ1v) is 7.66.